The molecule has 5 heteroatoms. The molecular weight excluding hydrogens is 244 g/mol. The first-order valence-electron chi connectivity index (χ1n) is 7.19. The van der Waals surface area contributed by atoms with Crippen LogP contribution in [0.2, 0.25) is 0 Å². The molecule has 5 nitrogen and oxygen atoms in total. The highest BCUT2D eigenvalue weighted by molar-refractivity contribution is 5.87. The summed E-state index contributed by atoms with van der Waals surface area (Å²) in [6.45, 7) is 2.36. The largest absolute Gasteiger partial charge is 0.481 e. The van der Waals surface area contributed by atoms with Crippen LogP contribution in [0.3, 0.4) is 0 Å². The van der Waals surface area contributed by atoms with E-state index in [0.717, 1.165) is 19.3 Å². The quantitative estimate of drug-likeness (QED) is 0.715. The molecule has 0 bridgehead atoms. The lowest BCUT2D eigenvalue weighted by molar-refractivity contribution is -0.151. The van der Waals surface area contributed by atoms with Crippen LogP contribution >= 0.6 is 0 Å². The van der Waals surface area contributed by atoms with Crippen molar-refractivity contribution in [3.63, 3.8) is 0 Å². The molecule has 2 fully saturated rings. The van der Waals surface area contributed by atoms with Crippen LogP contribution < -0.4 is 11.1 Å². The monoisotopic (exact) mass is 268 g/mol. The second-order valence-electron chi connectivity index (χ2n) is 6.46. The van der Waals surface area contributed by atoms with E-state index in [1.165, 1.54) is 0 Å². The standard InChI is InChI=1S/C14H24N2O3/c1-10-3-7-13(8-4-10,12(18)19)9-16-11(17)14(15)5-2-6-14/h10H,2-9,15H2,1H3,(H,16,17)(H,18,19). The van der Waals surface area contributed by atoms with Crippen LogP contribution in [0, 0.1) is 11.3 Å². The third-order valence-electron chi connectivity index (χ3n) is 4.97. The van der Waals surface area contributed by atoms with Crippen molar-refractivity contribution in [3.05, 3.63) is 0 Å². The van der Waals surface area contributed by atoms with Crippen molar-refractivity contribution in [2.75, 3.05) is 6.54 Å². The van der Waals surface area contributed by atoms with E-state index in [-0.39, 0.29) is 12.5 Å². The molecule has 0 radical (unpaired) electrons. The van der Waals surface area contributed by atoms with Gasteiger partial charge in [-0.25, -0.2) is 0 Å². The highest BCUT2D eigenvalue weighted by Crippen LogP contribution is 2.39. The summed E-state index contributed by atoms with van der Waals surface area (Å²) in [6.07, 6.45) is 5.49. The number of carboxylic acid groups (broad SMARTS) is 1. The minimum Gasteiger partial charge on any atom is -0.481 e. The minimum atomic E-state index is -0.792. The van der Waals surface area contributed by atoms with E-state index >= 15 is 0 Å². The SMILES string of the molecule is CC1CCC(CNC(=O)C2(N)CCC2)(C(=O)O)CC1. The van der Waals surface area contributed by atoms with Crippen molar-refractivity contribution in [2.24, 2.45) is 17.1 Å². The first-order valence-corrected chi connectivity index (χ1v) is 7.19. The van der Waals surface area contributed by atoms with Gasteiger partial charge in [0.15, 0.2) is 0 Å². The summed E-state index contributed by atoms with van der Waals surface area (Å²) in [6, 6.07) is 0. The summed E-state index contributed by atoms with van der Waals surface area (Å²) >= 11 is 0. The summed E-state index contributed by atoms with van der Waals surface area (Å²) in [7, 11) is 0. The average molecular weight is 268 g/mol. The number of hydrogen-bond donors (Lipinski definition) is 3. The molecule has 0 aromatic rings. The summed E-state index contributed by atoms with van der Waals surface area (Å²) in [5.41, 5.74) is 4.41. The van der Waals surface area contributed by atoms with Crippen molar-refractivity contribution in [2.45, 2.75) is 57.4 Å². The third kappa shape index (κ3) is 2.76. The van der Waals surface area contributed by atoms with Gasteiger partial charge >= 0.3 is 5.97 Å². The van der Waals surface area contributed by atoms with Gasteiger partial charge in [0.2, 0.25) is 5.91 Å². The van der Waals surface area contributed by atoms with Gasteiger partial charge < -0.3 is 16.2 Å². The molecule has 0 atom stereocenters. The van der Waals surface area contributed by atoms with E-state index in [2.05, 4.69) is 12.2 Å². The predicted octanol–water partition coefficient (Wildman–Crippen LogP) is 1.27. The van der Waals surface area contributed by atoms with E-state index in [0.29, 0.717) is 31.6 Å². The highest BCUT2D eigenvalue weighted by Gasteiger charge is 2.44. The number of aliphatic carboxylic acids is 1. The van der Waals surface area contributed by atoms with Crippen molar-refractivity contribution in [1.29, 1.82) is 0 Å². The topological polar surface area (TPSA) is 92.4 Å². The predicted molar refractivity (Wildman–Crippen MR) is 71.5 cm³/mol. The number of carbonyl (C=O) groups is 2. The number of rotatable bonds is 4. The Bertz CT molecular complexity index is 369. The van der Waals surface area contributed by atoms with Gasteiger partial charge in [-0.2, -0.15) is 0 Å². The van der Waals surface area contributed by atoms with Crippen molar-refractivity contribution in [1.82, 2.24) is 5.32 Å². The minimum absolute atomic E-state index is 0.182. The van der Waals surface area contributed by atoms with Crippen LogP contribution in [0.4, 0.5) is 0 Å². The van der Waals surface area contributed by atoms with Crippen molar-refractivity contribution < 1.29 is 14.7 Å². The Hall–Kier alpha value is -1.10. The maximum Gasteiger partial charge on any atom is 0.311 e. The lowest BCUT2D eigenvalue weighted by Crippen LogP contribution is -2.60. The van der Waals surface area contributed by atoms with E-state index in [4.69, 9.17) is 5.73 Å². The van der Waals surface area contributed by atoms with E-state index in [1.807, 2.05) is 0 Å². The van der Waals surface area contributed by atoms with Gasteiger partial charge in [-0.1, -0.05) is 6.92 Å². The molecule has 19 heavy (non-hydrogen) atoms. The molecule has 0 spiro atoms. The van der Waals surface area contributed by atoms with Gasteiger partial charge in [0.1, 0.15) is 0 Å². The molecule has 2 aliphatic rings. The van der Waals surface area contributed by atoms with Gasteiger partial charge in [-0.15, -0.1) is 0 Å². The smallest absolute Gasteiger partial charge is 0.311 e. The molecule has 4 N–H and O–H groups in total. The Morgan fingerprint density at radius 2 is 1.84 bits per heavy atom. The second kappa shape index (κ2) is 5.12. The maximum absolute atomic E-state index is 12.0. The molecule has 0 aromatic heterocycles. The third-order valence-corrected chi connectivity index (χ3v) is 4.97. The molecule has 108 valence electrons. The lowest BCUT2D eigenvalue weighted by Gasteiger charge is -2.39. The van der Waals surface area contributed by atoms with Crippen molar-refractivity contribution >= 4 is 11.9 Å². The van der Waals surface area contributed by atoms with Gasteiger partial charge in [0, 0.05) is 6.54 Å². The molecule has 0 saturated heterocycles. The summed E-state index contributed by atoms with van der Waals surface area (Å²) < 4.78 is 0. The summed E-state index contributed by atoms with van der Waals surface area (Å²) in [4.78, 5) is 23.5. The Balaban J connectivity index is 1.94. The fraction of sp³-hybridized carbons (Fsp3) is 0.857. The normalized spacial score (nSPS) is 33.3. The molecule has 1 amide bonds. The molecule has 0 aromatic carbocycles. The van der Waals surface area contributed by atoms with Crippen LogP contribution in [0.1, 0.15) is 51.9 Å². The Labute approximate surface area is 113 Å². The fourth-order valence-corrected chi connectivity index (χ4v) is 2.99. The van der Waals surface area contributed by atoms with Crippen LogP contribution in [0.5, 0.6) is 0 Å². The van der Waals surface area contributed by atoms with Crippen LogP contribution in [-0.4, -0.2) is 29.1 Å². The zero-order valence-electron chi connectivity index (χ0n) is 11.6. The Morgan fingerprint density at radius 3 is 2.26 bits per heavy atom. The van der Waals surface area contributed by atoms with Crippen LogP contribution in [-0.2, 0) is 9.59 Å². The van der Waals surface area contributed by atoms with Crippen molar-refractivity contribution in [3.8, 4) is 0 Å². The van der Waals surface area contributed by atoms with E-state index < -0.39 is 16.9 Å². The number of amides is 1. The summed E-state index contributed by atoms with van der Waals surface area (Å²) in [5, 5.41) is 12.3. The second-order valence-corrected chi connectivity index (χ2v) is 6.46. The lowest BCUT2D eigenvalue weighted by atomic mass is 9.70. The Kier molecular flexibility index (Phi) is 3.85. The molecular formula is C14H24N2O3. The molecule has 0 heterocycles. The molecule has 2 saturated carbocycles. The average Bonchev–Trinajstić information content (AvgIpc) is 2.35. The molecule has 0 unspecified atom stereocenters. The zero-order chi connectivity index (χ0) is 14.1. The Morgan fingerprint density at radius 1 is 1.26 bits per heavy atom. The van der Waals surface area contributed by atoms with Gasteiger partial charge in [-0.05, 0) is 50.9 Å². The highest BCUT2D eigenvalue weighted by atomic mass is 16.4. The van der Waals surface area contributed by atoms with Gasteiger partial charge in [0.05, 0.1) is 11.0 Å². The number of carboxylic acids is 1. The van der Waals surface area contributed by atoms with Crippen LogP contribution in [0.25, 0.3) is 0 Å². The van der Waals surface area contributed by atoms with E-state index in [9.17, 15) is 14.7 Å². The molecule has 0 aliphatic heterocycles. The zero-order valence-corrected chi connectivity index (χ0v) is 11.6. The fourth-order valence-electron chi connectivity index (χ4n) is 2.99. The van der Waals surface area contributed by atoms with E-state index in [1.54, 1.807) is 0 Å². The number of nitrogens with two attached hydrogens (primary N) is 1. The van der Waals surface area contributed by atoms with Gasteiger partial charge in [-0.3, -0.25) is 9.59 Å². The molecule has 2 aliphatic carbocycles. The number of hydrogen-bond acceptors (Lipinski definition) is 3. The van der Waals surface area contributed by atoms with Crippen LogP contribution in [0.15, 0.2) is 0 Å². The summed E-state index contributed by atoms with van der Waals surface area (Å²) in [5.74, 6) is -0.395. The number of nitrogens with one attached hydrogen (secondary N) is 1. The van der Waals surface area contributed by atoms with Gasteiger partial charge in [0.25, 0.3) is 0 Å². The first kappa shape index (κ1) is 14.3. The first-order chi connectivity index (χ1) is 8.88. The molecule has 2 rings (SSSR count). The number of carbonyl (C=O) groups excluding carboxylic acids is 1. The maximum atomic E-state index is 12.0.